The molecule has 0 aromatic heterocycles. The molecule has 1 fully saturated rings. The number of benzene rings is 1. The van der Waals surface area contributed by atoms with Crippen LogP contribution >= 0.6 is 0 Å². The third-order valence-electron chi connectivity index (χ3n) is 5.19. The van der Waals surface area contributed by atoms with Crippen LogP contribution in [0.15, 0.2) is 24.3 Å². The lowest BCUT2D eigenvalue weighted by atomic mass is 10.0. The SMILES string of the molecule is CC1CCCC[NH+]1CCCNC(=O)CN1C(=O)COc2ccccc21. The molecule has 2 heterocycles. The van der Waals surface area contributed by atoms with Crippen molar-refractivity contribution in [3.8, 4) is 5.75 Å². The number of fused-ring (bicyclic) bond motifs is 1. The standard InChI is InChI=1S/C19H27N3O3/c1-15-7-4-5-11-21(15)12-6-10-20-18(23)13-22-16-8-2-3-9-17(16)25-14-19(22)24/h2-3,8-9,15H,4-7,10-14H2,1H3,(H,20,23)/p+1. The second-order valence-electron chi connectivity index (χ2n) is 6.99. The first-order valence-electron chi connectivity index (χ1n) is 9.28. The van der Waals surface area contributed by atoms with Gasteiger partial charge in [-0.05, 0) is 38.3 Å². The first-order chi connectivity index (χ1) is 12.1. The number of para-hydroxylation sites is 2. The molecule has 1 aromatic rings. The normalized spacial score (nSPS) is 22.9. The zero-order valence-electron chi connectivity index (χ0n) is 14.9. The smallest absolute Gasteiger partial charge is 0.265 e. The van der Waals surface area contributed by atoms with Gasteiger partial charge in [-0.3, -0.25) is 14.5 Å². The Bertz CT molecular complexity index is 620. The number of rotatable bonds is 6. The monoisotopic (exact) mass is 346 g/mol. The summed E-state index contributed by atoms with van der Waals surface area (Å²) < 4.78 is 5.40. The molecule has 3 rings (SSSR count). The number of nitrogens with zero attached hydrogens (tertiary/aromatic N) is 1. The lowest BCUT2D eigenvalue weighted by Gasteiger charge is -2.30. The fourth-order valence-electron chi connectivity index (χ4n) is 3.69. The zero-order chi connectivity index (χ0) is 17.6. The molecule has 136 valence electrons. The van der Waals surface area contributed by atoms with Crippen LogP contribution in [-0.2, 0) is 9.59 Å². The van der Waals surface area contributed by atoms with Crippen molar-refractivity contribution in [3.63, 3.8) is 0 Å². The summed E-state index contributed by atoms with van der Waals surface area (Å²) in [5.74, 6) is 0.352. The first-order valence-corrected chi connectivity index (χ1v) is 9.28. The maximum Gasteiger partial charge on any atom is 0.265 e. The molecule has 0 saturated carbocycles. The molecule has 2 amide bonds. The van der Waals surface area contributed by atoms with Crippen LogP contribution in [0.1, 0.15) is 32.6 Å². The molecular formula is C19H28N3O3+. The van der Waals surface area contributed by atoms with Crippen LogP contribution in [0.3, 0.4) is 0 Å². The van der Waals surface area contributed by atoms with Gasteiger partial charge < -0.3 is 15.0 Å². The summed E-state index contributed by atoms with van der Waals surface area (Å²) in [7, 11) is 0. The van der Waals surface area contributed by atoms with E-state index in [1.165, 1.54) is 30.7 Å². The number of hydrogen-bond acceptors (Lipinski definition) is 3. The Hall–Kier alpha value is -2.08. The number of carbonyl (C=O) groups is 2. The van der Waals surface area contributed by atoms with E-state index in [0.29, 0.717) is 18.0 Å². The van der Waals surface area contributed by atoms with Crippen LogP contribution in [0.2, 0.25) is 0 Å². The summed E-state index contributed by atoms with van der Waals surface area (Å²) in [5.41, 5.74) is 0.667. The molecule has 2 aliphatic heterocycles. The van der Waals surface area contributed by atoms with Gasteiger partial charge >= 0.3 is 0 Å². The van der Waals surface area contributed by atoms with E-state index in [-0.39, 0.29) is 25.0 Å². The van der Waals surface area contributed by atoms with Crippen molar-refractivity contribution in [1.82, 2.24) is 5.32 Å². The van der Waals surface area contributed by atoms with Crippen molar-refractivity contribution in [3.05, 3.63) is 24.3 Å². The molecule has 25 heavy (non-hydrogen) atoms. The Kier molecular flexibility index (Phi) is 5.91. The van der Waals surface area contributed by atoms with Gasteiger partial charge in [-0.2, -0.15) is 0 Å². The molecule has 0 bridgehead atoms. The Labute approximate surface area is 149 Å². The Morgan fingerprint density at radius 1 is 1.36 bits per heavy atom. The summed E-state index contributed by atoms with van der Waals surface area (Å²) in [6, 6.07) is 8.05. The van der Waals surface area contributed by atoms with E-state index in [9.17, 15) is 9.59 Å². The predicted octanol–water partition coefficient (Wildman–Crippen LogP) is 0.376. The van der Waals surface area contributed by atoms with Gasteiger partial charge in [-0.25, -0.2) is 0 Å². The fourth-order valence-corrected chi connectivity index (χ4v) is 3.69. The molecule has 0 aliphatic carbocycles. The van der Waals surface area contributed by atoms with Crippen molar-refractivity contribution >= 4 is 17.5 Å². The number of nitrogens with one attached hydrogen (secondary N) is 2. The number of likely N-dealkylation sites (tertiary alicyclic amines) is 1. The zero-order valence-corrected chi connectivity index (χ0v) is 14.9. The number of piperidine rings is 1. The van der Waals surface area contributed by atoms with Crippen molar-refractivity contribution in [1.29, 1.82) is 0 Å². The van der Waals surface area contributed by atoms with Gasteiger partial charge in [0.15, 0.2) is 6.61 Å². The highest BCUT2D eigenvalue weighted by Gasteiger charge is 2.27. The Balaban J connectivity index is 1.44. The van der Waals surface area contributed by atoms with Gasteiger partial charge in [0.2, 0.25) is 5.91 Å². The number of anilines is 1. The fraction of sp³-hybridized carbons (Fsp3) is 0.579. The lowest BCUT2D eigenvalue weighted by Crippen LogP contribution is -3.16. The summed E-state index contributed by atoms with van der Waals surface area (Å²) in [4.78, 5) is 27.5. The third kappa shape index (κ3) is 4.51. The third-order valence-corrected chi connectivity index (χ3v) is 5.19. The van der Waals surface area contributed by atoms with Crippen molar-refractivity contribution < 1.29 is 19.2 Å². The van der Waals surface area contributed by atoms with Crippen molar-refractivity contribution in [2.24, 2.45) is 0 Å². The first kappa shape index (κ1) is 17.7. The second kappa shape index (κ2) is 8.34. The minimum atomic E-state index is -0.180. The van der Waals surface area contributed by atoms with E-state index in [1.54, 1.807) is 11.0 Å². The van der Waals surface area contributed by atoms with Gasteiger partial charge in [-0.1, -0.05) is 12.1 Å². The largest absolute Gasteiger partial charge is 0.482 e. The van der Waals surface area contributed by atoms with Gasteiger partial charge in [0.1, 0.15) is 12.3 Å². The second-order valence-corrected chi connectivity index (χ2v) is 6.99. The number of hydrogen-bond donors (Lipinski definition) is 2. The molecule has 2 unspecified atom stereocenters. The van der Waals surface area contributed by atoms with Crippen LogP contribution in [0, 0.1) is 0 Å². The molecule has 6 heteroatoms. The van der Waals surface area contributed by atoms with Gasteiger partial charge in [0.05, 0.1) is 24.8 Å². The quantitative estimate of drug-likeness (QED) is 0.732. The average Bonchev–Trinajstić information content (AvgIpc) is 2.62. The molecule has 0 spiro atoms. The van der Waals surface area contributed by atoms with E-state index < -0.39 is 0 Å². The summed E-state index contributed by atoms with van der Waals surface area (Å²) in [6.45, 7) is 5.35. The number of carbonyl (C=O) groups excluding carboxylic acids is 2. The minimum Gasteiger partial charge on any atom is -0.482 e. The molecule has 0 radical (unpaired) electrons. The highest BCUT2D eigenvalue weighted by atomic mass is 16.5. The highest BCUT2D eigenvalue weighted by molar-refractivity contribution is 6.02. The molecule has 2 aliphatic rings. The maximum atomic E-state index is 12.2. The molecular weight excluding hydrogens is 318 g/mol. The van der Waals surface area contributed by atoms with Crippen LogP contribution in [0.25, 0.3) is 0 Å². The van der Waals surface area contributed by atoms with E-state index in [4.69, 9.17) is 4.74 Å². The Morgan fingerprint density at radius 2 is 2.20 bits per heavy atom. The van der Waals surface area contributed by atoms with Crippen LogP contribution in [0.4, 0.5) is 5.69 Å². The summed E-state index contributed by atoms with van der Waals surface area (Å²) in [6.07, 6.45) is 4.93. The van der Waals surface area contributed by atoms with Gasteiger partial charge in [0, 0.05) is 13.0 Å². The molecule has 2 N–H and O–H groups in total. The average molecular weight is 346 g/mol. The number of quaternary nitrogens is 1. The van der Waals surface area contributed by atoms with E-state index in [0.717, 1.165) is 19.0 Å². The highest BCUT2D eigenvalue weighted by Crippen LogP contribution is 2.31. The van der Waals surface area contributed by atoms with Crippen molar-refractivity contribution in [2.75, 3.05) is 37.7 Å². The summed E-state index contributed by atoms with van der Waals surface area (Å²) in [5, 5.41) is 2.95. The predicted molar refractivity (Wildman–Crippen MR) is 95.9 cm³/mol. The van der Waals surface area contributed by atoms with E-state index in [1.807, 2.05) is 18.2 Å². The van der Waals surface area contributed by atoms with Crippen molar-refractivity contribution in [2.45, 2.75) is 38.6 Å². The minimum absolute atomic E-state index is 0.0134. The van der Waals surface area contributed by atoms with Crippen LogP contribution in [-0.4, -0.2) is 50.6 Å². The van der Waals surface area contributed by atoms with E-state index in [2.05, 4.69) is 12.2 Å². The summed E-state index contributed by atoms with van der Waals surface area (Å²) >= 11 is 0. The van der Waals surface area contributed by atoms with Crippen LogP contribution in [0.5, 0.6) is 5.75 Å². The lowest BCUT2D eigenvalue weighted by molar-refractivity contribution is -0.928. The van der Waals surface area contributed by atoms with E-state index >= 15 is 0 Å². The Morgan fingerprint density at radius 3 is 3.04 bits per heavy atom. The molecule has 1 saturated heterocycles. The number of ether oxygens (including phenoxy) is 1. The van der Waals surface area contributed by atoms with Crippen LogP contribution < -0.4 is 19.9 Å². The van der Waals surface area contributed by atoms with Gasteiger partial charge in [-0.15, -0.1) is 0 Å². The molecule has 2 atom stereocenters. The maximum absolute atomic E-state index is 12.2. The molecule has 6 nitrogen and oxygen atoms in total. The molecule has 1 aromatic carbocycles. The topological polar surface area (TPSA) is 63.1 Å². The van der Waals surface area contributed by atoms with Gasteiger partial charge in [0.25, 0.3) is 5.91 Å². The number of amides is 2.